The molecule has 0 radical (unpaired) electrons. The van der Waals surface area contributed by atoms with Crippen molar-refractivity contribution in [3.8, 4) is 6.07 Å². The molecule has 92 valence electrons. The van der Waals surface area contributed by atoms with Gasteiger partial charge in [0.1, 0.15) is 12.1 Å². The molecule has 0 aromatic heterocycles. The van der Waals surface area contributed by atoms with E-state index in [-0.39, 0.29) is 11.5 Å². The Morgan fingerprint density at radius 1 is 1.59 bits per heavy atom. The highest BCUT2D eigenvalue weighted by Gasteiger charge is 2.30. The van der Waals surface area contributed by atoms with E-state index < -0.39 is 12.0 Å². The van der Waals surface area contributed by atoms with Gasteiger partial charge in [-0.2, -0.15) is 5.26 Å². The average molecular weight is 238 g/mol. The summed E-state index contributed by atoms with van der Waals surface area (Å²) in [4.78, 5) is 22.7. The van der Waals surface area contributed by atoms with Gasteiger partial charge in [-0.25, -0.2) is 9.59 Å². The molecule has 1 saturated heterocycles. The van der Waals surface area contributed by atoms with Gasteiger partial charge in [0.2, 0.25) is 0 Å². The van der Waals surface area contributed by atoms with Crippen LogP contribution in [0.25, 0.3) is 0 Å². The topological polar surface area (TPSA) is 88.4 Å². The minimum atomic E-state index is -0.695. The molecular weight excluding hydrogens is 224 g/mol. The van der Waals surface area contributed by atoms with E-state index in [2.05, 4.69) is 10.1 Å². The van der Waals surface area contributed by atoms with Crippen molar-refractivity contribution in [2.24, 2.45) is 0 Å². The summed E-state index contributed by atoms with van der Waals surface area (Å²) in [5.74, 6) is -1.07. The van der Waals surface area contributed by atoms with Crippen molar-refractivity contribution in [1.82, 2.24) is 5.32 Å². The number of esters is 2. The Kier molecular flexibility index (Phi) is 4.52. The van der Waals surface area contributed by atoms with E-state index in [1.165, 1.54) is 7.11 Å². The summed E-state index contributed by atoms with van der Waals surface area (Å²) in [5, 5.41) is 11.7. The Labute approximate surface area is 99.2 Å². The van der Waals surface area contributed by atoms with Crippen molar-refractivity contribution in [1.29, 1.82) is 5.26 Å². The molecule has 0 bridgehead atoms. The Bertz CT molecular complexity index is 395. The van der Waals surface area contributed by atoms with E-state index in [9.17, 15) is 9.59 Å². The zero-order chi connectivity index (χ0) is 12.8. The highest BCUT2D eigenvalue weighted by Crippen LogP contribution is 2.20. The molecule has 1 aliphatic rings. The molecule has 17 heavy (non-hydrogen) atoms. The normalized spacial score (nSPS) is 21.1. The minimum Gasteiger partial charge on any atom is -0.465 e. The van der Waals surface area contributed by atoms with Crippen molar-refractivity contribution in [3.63, 3.8) is 0 Å². The van der Waals surface area contributed by atoms with Gasteiger partial charge in [0.25, 0.3) is 0 Å². The maximum atomic E-state index is 11.4. The molecule has 0 aromatic rings. The van der Waals surface area contributed by atoms with Crippen molar-refractivity contribution >= 4 is 11.9 Å². The number of ether oxygens (including phenoxy) is 2. The van der Waals surface area contributed by atoms with Gasteiger partial charge in [0.05, 0.1) is 13.7 Å². The first-order valence-corrected chi connectivity index (χ1v) is 5.28. The number of allylic oxidation sites excluding steroid dienone is 1. The number of carbonyl (C=O) groups excluding carboxylic acids is 2. The van der Waals surface area contributed by atoms with Crippen LogP contribution >= 0.6 is 0 Å². The Balaban J connectivity index is 2.78. The number of nitrogens with one attached hydrogen (secondary N) is 1. The maximum Gasteiger partial charge on any atom is 0.350 e. The van der Waals surface area contributed by atoms with Gasteiger partial charge < -0.3 is 14.8 Å². The SMILES string of the molecule is CCOC(=O)[C@@H]1CC/C(=C(/C#N)C(=O)OC)N1. The fourth-order valence-electron chi connectivity index (χ4n) is 1.60. The highest BCUT2D eigenvalue weighted by atomic mass is 16.5. The molecule has 1 atom stereocenters. The lowest BCUT2D eigenvalue weighted by atomic mass is 10.2. The number of hydrogen-bond donors (Lipinski definition) is 1. The summed E-state index contributed by atoms with van der Waals surface area (Å²) >= 11 is 0. The largest absolute Gasteiger partial charge is 0.465 e. The Morgan fingerprint density at radius 2 is 2.29 bits per heavy atom. The van der Waals surface area contributed by atoms with Gasteiger partial charge in [-0.15, -0.1) is 0 Å². The molecule has 6 heteroatoms. The average Bonchev–Trinajstić information content (AvgIpc) is 2.79. The molecular formula is C11H14N2O4. The van der Waals surface area contributed by atoms with E-state index in [0.29, 0.717) is 25.1 Å². The first kappa shape index (κ1) is 13.0. The second-order valence-corrected chi connectivity index (χ2v) is 3.44. The van der Waals surface area contributed by atoms with Crippen molar-refractivity contribution in [3.05, 3.63) is 11.3 Å². The first-order chi connectivity index (χ1) is 8.13. The lowest BCUT2D eigenvalue weighted by Gasteiger charge is -2.10. The number of carbonyl (C=O) groups is 2. The van der Waals surface area contributed by atoms with E-state index >= 15 is 0 Å². The summed E-state index contributed by atoms with van der Waals surface area (Å²) in [5.41, 5.74) is 0.358. The number of rotatable bonds is 3. The molecule has 1 heterocycles. The first-order valence-electron chi connectivity index (χ1n) is 5.28. The van der Waals surface area contributed by atoms with Gasteiger partial charge in [-0.1, -0.05) is 0 Å². The number of nitriles is 1. The third-order valence-corrected chi connectivity index (χ3v) is 2.41. The van der Waals surface area contributed by atoms with Gasteiger partial charge >= 0.3 is 11.9 Å². The molecule has 6 nitrogen and oxygen atoms in total. The molecule has 0 saturated carbocycles. The standard InChI is InChI=1S/C11H14N2O4/c1-3-17-11(15)9-5-4-8(13-9)7(6-12)10(14)16-2/h9,13H,3-5H2,1-2H3/b8-7+/t9-/m0/s1. The van der Waals surface area contributed by atoms with Crippen molar-refractivity contribution in [2.45, 2.75) is 25.8 Å². The third-order valence-electron chi connectivity index (χ3n) is 2.41. The smallest absolute Gasteiger partial charge is 0.350 e. The van der Waals surface area contributed by atoms with Crippen LogP contribution in [-0.2, 0) is 19.1 Å². The molecule has 0 aromatic carbocycles. The predicted octanol–water partition coefficient (Wildman–Crippen LogP) is 0.252. The van der Waals surface area contributed by atoms with Crippen LogP contribution in [0, 0.1) is 11.3 Å². The van der Waals surface area contributed by atoms with Crippen molar-refractivity contribution < 1.29 is 19.1 Å². The van der Waals surface area contributed by atoms with E-state index in [1.807, 2.05) is 0 Å². The van der Waals surface area contributed by atoms with Crippen LogP contribution < -0.4 is 5.32 Å². The predicted molar refractivity (Wildman–Crippen MR) is 57.4 cm³/mol. The van der Waals surface area contributed by atoms with Gasteiger partial charge in [0.15, 0.2) is 5.57 Å². The van der Waals surface area contributed by atoms with Crippen LogP contribution in [0.1, 0.15) is 19.8 Å². The highest BCUT2D eigenvalue weighted by molar-refractivity contribution is 5.93. The van der Waals surface area contributed by atoms with E-state index in [0.717, 1.165) is 0 Å². The van der Waals surface area contributed by atoms with Crippen LogP contribution in [0.4, 0.5) is 0 Å². The fourth-order valence-corrected chi connectivity index (χ4v) is 1.60. The zero-order valence-electron chi connectivity index (χ0n) is 9.78. The molecule has 0 amide bonds. The zero-order valence-corrected chi connectivity index (χ0v) is 9.78. The molecule has 0 unspecified atom stereocenters. The lowest BCUT2D eigenvalue weighted by molar-refractivity contribution is -0.145. The van der Waals surface area contributed by atoms with Crippen LogP contribution in [0.5, 0.6) is 0 Å². The molecule has 0 aliphatic carbocycles. The molecule has 1 fully saturated rings. The van der Waals surface area contributed by atoms with Crippen LogP contribution in [0.2, 0.25) is 0 Å². The Morgan fingerprint density at radius 3 is 2.82 bits per heavy atom. The molecule has 0 spiro atoms. The van der Waals surface area contributed by atoms with Gasteiger partial charge in [0, 0.05) is 5.70 Å². The summed E-state index contributed by atoms with van der Waals surface area (Å²) in [6, 6.07) is 1.29. The second kappa shape index (κ2) is 5.89. The summed E-state index contributed by atoms with van der Waals surface area (Å²) in [6.07, 6.45) is 0.970. The van der Waals surface area contributed by atoms with Crippen LogP contribution in [0.3, 0.4) is 0 Å². The summed E-state index contributed by atoms with van der Waals surface area (Å²) < 4.78 is 9.33. The molecule has 1 aliphatic heterocycles. The monoisotopic (exact) mass is 238 g/mol. The minimum absolute atomic E-state index is 0.0840. The lowest BCUT2D eigenvalue weighted by Crippen LogP contribution is -2.32. The Hall–Kier alpha value is -2.03. The van der Waals surface area contributed by atoms with Crippen LogP contribution in [0.15, 0.2) is 11.3 Å². The fraction of sp³-hybridized carbons (Fsp3) is 0.545. The summed E-state index contributed by atoms with van der Waals surface area (Å²) in [7, 11) is 1.21. The number of hydrogen-bond acceptors (Lipinski definition) is 6. The third kappa shape index (κ3) is 2.97. The maximum absolute atomic E-state index is 11.4. The number of nitrogens with zero attached hydrogens (tertiary/aromatic N) is 1. The quantitative estimate of drug-likeness (QED) is 0.431. The van der Waals surface area contributed by atoms with Crippen molar-refractivity contribution in [2.75, 3.05) is 13.7 Å². The summed E-state index contributed by atoms with van der Waals surface area (Å²) in [6.45, 7) is 2.02. The van der Waals surface area contributed by atoms with Gasteiger partial charge in [-0.3, -0.25) is 0 Å². The number of methoxy groups -OCH3 is 1. The molecule has 1 rings (SSSR count). The molecule has 1 N–H and O–H groups in total. The van der Waals surface area contributed by atoms with Gasteiger partial charge in [-0.05, 0) is 19.8 Å². The second-order valence-electron chi connectivity index (χ2n) is 3.44. The van der Waals surface area contributed by atoms with E-state index in [4.69, 9.17) is 10.00 Å². The van der Waals surface area contributed by atoms with Crippen LogP contribution in [-0.4, -0.2) is 31.7 Å². The van der Waals surface area contributed by atoms with E-state index in [1.54, 1.807) is 13.0 Å².